The molecule has 27 heavy (non-hydrogen) atoms. The number of hydrogen-bond donors (Lipinski definition) is 0. The maximum atomic E-state index is 12.8. The van der Waals surface area contributed by atoms with Crippen LogP contribution in [0.3, 0.4) is 0 Å². The first kappa shape index (κ1) is 21.7. The first-order valence-electron chi connectivity index (χ1n) is 8.32. The highest BCUT2D eigenvalue weighted by atomic mass is 31.1. The molecule has 0 bridgehead atoms. The van der Waals surface area contributed by atoms with Crippen molar-refractivity contribution in [2.75, 3.05) is 19.4 Å². The fourth-order valence-electron chi connectivity index (χ4n) is 2.54. The van der Waals surface area contributed by atoms with Crippen LogP contribution in [0.1, 0.15) is 24.5 Å². The van der Waals surface area contributed by atoms with Crippen molar-refractivity contribution in [3.63, 3.8) is 0 Å². The lowest BCUT2D eigenvalue weighted by Crippen LogP contribution is -2.17. The molecule has 0 spiro atoms. The Labute approximate surface area is 155 Å². The van der Waals surface area contributed by atoms with Crippen LogP contribution in [0.5, 0.6) is 0 Å². The van der Waals surface area contributed by atoms with Crippen LogP contribution in [0, 0.1) is 0 Å². The number of hydrogen-bond acceptors (Lipinski definition) is 1. The highest BCUT2D eigenvalue weighted by Crippen LogP contribution is 2.37. The molecule has 0 radical (unpaired) electrons. The summed E-state index contributed by atoms with van der Waals surface area (Å²) in [5.74, 6) is 0. The van der Waals surface area contributed by atoms with Crippen LogP contribution >= 0.6 is 7.92 Å². The van der Waals surface area contributed by atoms with E-state index in [0.29, 0.717) is 36.4 Å². The Bertz CT molecular complexity index is 649. The zero-order valence-electron chi connectivity index (χ0n) is 14.6. The Morgan fingerprint density at radius 1 is 0.741 bits per heavy atom. The Morgan fingerprint density at radius 2 is 1.15 bits per heavy atom. The van der Waals surface area contributed by atoms with Gasteiger partial charge in [0.25, 0.3) is 0 Å². The van der Waals surface area contributed by atoms with Crippen molar-refractivity contribution in [2.24, 2.45) is 0 Å². The van der Waals surface area contributed by atoms with Gasteiger partial charge in [-0.05, 0) is 62.3 Å². The lowest BCUT2D eigenvalue weighted by Gasteiger charge is -2.20. The number of alkyl halides is 6. The average molecular weight is 408 g/mol. The van der Waals surface area contributed by atoms with Crippen LogP contribution in [0.4, 0.5) is 26.3 Å². The maximum absolute atomic E-state index is 12.8. The maximum Gasteiger partial charge on any atom is 0.416 e. The van der Waals surface area contributed by atoms with Crippen LogP contribution in [0.15, 0.2) is 48.5 Å². The fourth-order valence-corrected chi connectivity index (χ4v) is 4.81. The molecule has 0 saturated carbocycles. The third-order valence-electron chi connectivity index (χ3n) is 3.89. The standard InChI is InChI=1S/C19H19F6OP/c1-2-26-12-3-13-27(16-8-4-14(5-9-16)18(20,21)22)17-10-6-15(7-11-17)19(23,24)25/h4-11H,2-3,12-13H2,1H3. The second-order valence-electron chi connectivity index (χ2n) is 5.79. The molecule has 0 heterocycles. The van der Waals surface area contributed by atoms with Crippen LogP contribution in [0.2, 0.25) is 0 Å². The predicted octanol–water partition coefficient (Wildman–Crippen LogP) is 5.58. The highest BCUT2D eigenvalue weighted by molar-refractivity contribution is 7.73. The zero-order chi connectivity index (χ0) is 20.1. The minimum atomic E-state index is -4.43. The molecule has 0 fully saturated rings. The summed E-state index contributed by atoms with van der Waals surface area (Å²) >= 11 is 0. The Hall–Kier alpha value is -1.59. The van der Waals surface area contributed by atoms with Crippen LogP contribution in [0.25, 0.3) is 0 Å². The Kier molecular flexibility index (Phi) is 7.29. The van der Waals surface area contributed by atoms with Crippen molar-refractivity contribution in [3.05, 3.63) is 59.7 Å². The average Bonchev–Trinajstić information content (AvgIpc) is 2.61. The molecule has 0 aliphatic rings. The van der Waals surface area contributed by atoms with E-state index in [9.17, 15) is 26.3 Å². The summed E-state index contributed by atoms with van der Waals surface area (Å²) in [5, 5.41) is 1.38. The van der Waals surface area contributed by atoms with E-state index in [0.717, 1.165) is 24.3 Å². The second kappa shape index (κ2) is 9.07. The SMILES string of the molecule is CCOCCCP(c1ccc(C(F)(F)F)cc1)c1ccc(C(F)(F)F)cc1. The van der Waals surface area contributed by atoms with Gasteiger partial charge in [-0.3, -0.25) is 0 Å². The number of rotatable bonds is 7. The van der Waals surface area contributed by atoms with Gasteiger partial charge in [-0.15, -0.1) is 0 Å². The molecular weight excluding hydrogens is 389 g/mol. The first-order chi connectivity index (χ1) is 12.6. The number of ether oxygens (including phenoxy) is 1. The van der Waals surface area contributed by atoms with Crippen LogP contribution in [-0.4, -0.2) is 19.4 Å². The van der Waals surface area contributed by atoms with Crippen molar-refractivity contribution in [2.45, 2.75) is 25.7 Å². The molecule has 0 amide bonds. The van der Waals surface area contributed by atoms with Gasteiger partial charge in [0.2, 0.25) is 0 Å². The van der Waals surface area contributed by atoms with Crippen molar-refractivity contribution >= 4 is 18.5 Å². The van der Waals surface area contributed by atoms with Gasteiger partial charge in [0.05, 0.1) is 11.1 Å². The topological polar surface area (TPSA) is 9.23 Å². The minimum absolute atomic E-state index is 0.497. The molecule has 2 rings (SSSR count). The van der Waals surface area contributed by atoms with Gasteiger partial charge in [-0.25, -0.2) is 0 Å². The summed E-state index contributed by atoms with van der Waals surface area (Å²) in [4.78, 5) is 0. The molecule has 0 aliphatic heterocycles. The fraction of sp³-hybridized carbons (Fsp3) is 0.368. The summed E-state index contributed by atoms with van der Waals surface area (Å²) in [5.41, 5.74) is -1.49. The summed E-state index contributed by atoms with van der Waals surface area (Å²) in [7, 11) is -1.08. The van der Waals surface area contributed by atoms with Crippen molar-refractivity contribution in [1.82, 2.24) is 0 Å². The number of halogens is 6. The van der Waals surface area contributed by atoms with E-state index in [1.165, 1.54) is 24.3 Å². The third-order valence-corrected chi connectivity index (χ3v) is 6.49. The molecule has 0 aromatic heterocycles. The van der Waals surface area contributed by atoms with Crippen molar-refractivity contribution in [3.8, 4) is 0 Å². The van der Waals surface area contributed by atoms with Gasteiger partial charge in [0.15, 0.2) is 0 Å². The van der Waals surface area contributed by atoms with Crippen molar-refractivity contribution in [1.29, 1.82) is 0 Å². The zero-order valence-corrected chi connectivity index (χ0v) is 15.5. The van der Waals surface area contributed by atoms with E-state index in [2.05, 4.69) is 0 Å². The van der Waals surface area contributed by atoms with Gasteiger partial charge in [0.1, 0.15) is 0 Å². The van der Waals surface area contributed by atoms with Crippen LogP contribution < -0.4 is 10.6 Å². The van der Waals surface area contributed by atoms with E-state index in [-0.39, 0.29) is 0 Å². The first-order valence-corrected chi connectivity index (χ1v) is 9.85. The van der Waals surface area contributed by atoms with E-state index >= 15 is 0 Å². The lowest BCUT2D eigenvalue weighted by molar-refractivity contribution is -0.138. The van der Waals surface area contributed by atoms with Gasteiger partial charge in [0, 0.05) is 13.2 Å². The molecule has 2 aromatic rings. The van der Waals surface area contributed by atoms with E-state index in [1.54, 1.807) is 0 Å². The predicted molar refractivity (Wildman–Crippen MR) is 95.1 cm³/mol. The molecule has 0 atom stereocenters. The monoisotopic (exact) mass is 408 g/mol. The van der Waals surface area contributed by atoms with Gasteiger partial charge in [-0.2, -0.15) is 26.3 Å². The lowest BCUT2D eigenvalue weighted by atomic mass is 10.2. The smallest absolute Gasteiger partial charge is 0.382 e. The minimum Gasteiger partial charge on any atom is -0.382 e. The van der Waals surface area contributed by atoms with E-state index < -0.39 is 31.4 Å². The summed E-state index contributed by atoms with van der Waals surface area (Å²) in [6.07, 6.45) is -7.57. The highest BCUT2D eigenvalue weighted by Gasteiger charge is 2.31. The largest absolute Gasteiger partial charge is 0.416 e. The Morgan fingerprint density at radius 3 is 1.48 bits per heavy atom. The second-order valence-corrected chi connectivity index (χ2v) is 8.13. The Balaban J connectivity index is 2.28. The quantitative estimate of drug-likeness (QED) is 0.330. The van der Waals surface area contributed by atoms with E-state index in [1.807, 2.05) is 6.92 Å². The van der Waals surface area contributed by atoms with E-state index in [4.69, 9.17) is 4.74 Å². The van der Waals surface area contributed by atoms with Gasteiger partial charge >= 0.3 is 12.4 Å². The molecule has 0 N–H and O–H groups in total. The van der Waals surface area contributed by atoms with Gasteiger partial charge in [-0.1, -0.05) is 24.3 Å². The van der Waals surface area contributed by atoms with Crippen LogP contribution in [-0.2, 0) is 17.1 Å². The molecule has 148 valence electrons. The molecular formula is C19H19F6OP. The van der Waals surface area contributed by atoms with Crippen molar-refractivity contribution < 1.29 is 31.1 Å². The third kappa shape index (κ3) is 6.22. The van der Waals surface area contributed by atoms with Gasteiger partial charge < -0.3 is 4.74 Å². The summed E-state index contributed by atoms with van der Waals surface area (Å²) < 4.78 is 81.9. The number of benzene rings is 2. The molecule has 0 unspecified atom stereocenters. The molecule has 8 heteroatoms. The molecule has 0 aliphatic carbocycles. The molecule has 0 saturated heterocycles. The molecule has 2 aromatic carbocycles. The summed E-state index contributed by atoms with van der Waals surface area (Å²) in [6, 6.07) is 9.68. The molecule has 1 nitrogen and oxygen atoms in total. The normalized spacial score (nSPS) is 12.6. The summed E-state index contributed by atoms with van der Waals surface area (Å²) in [6.45, 7) is 2.91.